The molecule has 0 N–H and O–H groups in total. The number of benzene rings is 2. The molecule has 0 radical (unpaired) electrons. The Bertz CT molecular complexity index is 946. The fourth-order valence-corrected chi connectivity index (χ4v) is 2.70. The summed E-state index contributed by atoms with van der Waals surface area (Å²) in [7, 11) is 0. The molecule has 4 rings (SSSR count). The summed E-state index contributed by atoms with van der Waals surface area (Å²) >= 11 is 0. The van der Waals surface area contributed by atoms with Crippen LogP contribution < -0.4 is 10.3 Å². The Labute approximate surface area is 144 Å². The lowest BCUT2D eigenvalue weighted by atomic mass is 10.1. The van der Waals surface area contributed by atoms with Gasteiger partial charge in [-0.15, -0.1) is 0 Å². The van der Waals surface area contributed by atoms with E-state index in [2.05, 4.69) is 5.16 Å². The zero-order valence-corrected chi connectivity index (χ0v) is 13.4. The van der Waals surface area contributed by atoms with Crippen LogP contribution in [0.2, 0.25) is 0 Å². The number of oxime groups is 1. The van der Waals surface area contributed by atoms with Crippen molar-refractivity contribution in [3.05, 3.63) is 94.9 Å². The van der Waals surface area contributed by atoms with E-state index in [4.69, 9.17) is 9.57 Å². The van der Waals surface area contributed by atoms with Crippen molar-refractivity contribution in [1.29, 1.82) is 0 Å². The van der Waals surface area contributed by atoms with Gasteiger partial charge in [0.15, 0.2) is 11.9 Å². The second kappa shape index (κ2) is 6.65. The third kappa shape index (κ3) is 3.30. The molecule has 0 unspecified atom stereocenters. The van der Waals surface area contributed by atoms with Crippen LogP contribution >= 0.6 is 0 Å². The Kier molecular flexibility index (Phi) is 4.04. The van der Waals surface area contributed by atoms with E-state index in [0.29, 0.717) is 12.3 Å². The topological polar surface area (TPSA) is 52.8 Å². The summed E-state index contributed by atoms with van der Waals surface area (Å²) in [5, 5.41) is 4.06. The van der Waals surface area contributed by atoms with Crippen LogP contribution in [-0.2, 0) is 4.84 Å². The molecule has 1 aliphatic heterocycles. The SMILES string of the molecule is O=c1ccccn1C1=NO[C@@H](c2ccc(Oc3ccccc3)cc2)C1. The Morgan fingerprint density at radius 1 is 0.920 bits per heavy atom. The average molecular weight is 332 g/mol. The first-order valence-electron chi connectivity index (χ1n) is 8.03. The highest BCUT2D eigenvalue weighted by Crippen LogP contribution is 2.29. The van der Waals surface area contributed by atoms with E-state index in [1.165, 1.54) is 10.6 Å². The molecule has 0 amide bonds. The Morgan fingerprint density at radius 3 is 2.40 bits per heavy atom. The van der Waals surface area contributed by atoms with E-state index in [9.17, 15) is 4.79 Å². The first kappa shape index (κ1) is 15.2. The largest absolute Gasteiger partial charge is 0.457 e. The molecule has 5 nitrogen and oxygen atoms in total. The fraction of sp³-hybridized carbons (Fsp3) is 0.100. The number of nitrogens with zero attached hydrogens (tertiary/aromatic N) is 2. The molecule has 0 bridgehead atoms. The van der Waals surface area contributed by atoms with Gasteiger partial charge in [0.1, 0.15) is 11.5 Å². The zero-order chi connectivity index (χ0) is 17.1. The molecule has 124 valence electrons. The minimum Gasteiger partial charge on any atom is -0.457 e. The first-order chi connectivity index (χ1) is 12.3. The molecule has 0 aliphatic carbocycles. The van der Waals surface area contributed by atoms with Crippen molar-refractivity contribution in [2.75, 3.05) is 0 Å². The van der Waals surface area contributed by atoms with Crippen molar-refractivity contribution in [3.8, 4) is 11.5 Å². The molecule has 1 aliphatic rings. The third-order valence-corrected chi connectivity index (χ3v) is 3.98. The summed E-state index contributed by atoms with van der Waals surface area (Å²) in [5.41, 5.74) is 0.875. The second-order valence-corrected chi connectivity index (χ2v) is 5.70. The monoisotopic (exact) mass is 332 g/mol. The van der Waals surface area contributed by atoms with Crippen LogP contribution in [0.4, 0.5) is 0 Å². The first-order valence-corrected chi connectivity index (χ1v) is 8.03. The predicted molar refractivity (Wildman–Crippen MR) is 94.9 cm³/mol. The summed E-state index contributed by atoms with van der Waals surface area (Å²) in [6, 6.07) is 22.3. The van der Waals surface area contributed by atoms with Crippen molar-refractivity contribution in [2.24, 2.45) is 5.16 Å². The van der Waals surface area contributed by atoms with Gasteiger partial charge >= 0.3 is 0 Å². The van der Waals surface area contributed by atoms with Crippen LogP contribution in [0.1, 0.15) is 18.1 Å². The molecule has 1 aromatic heterocycles. The molecular formula is C20H16N2O3. The maximum atomic E-state index is 11.9. The summed E-state index contributed by atoms with van der Waals surface area (Å²) in [6.45, 7) is 0. The van der Waals surface area contributed by atoms with Crippen LogP contribution in [0.3, 0.4) is 0 Å². The molecule has 0 saturated carbocycles. The van der Waals surface area contributed by atoms with Crippen molar-refractivity contribution in [1.82, 2.24) is 4.57 Å². The second-order valence-electron chi connectivity index (χ2n) is 5.70. The van der Waals surface area contributed by atoms with Gasteiger partial charge in [0.2, 0.25) is 0 Å². The van der Waals surface area contributed by atoms with Crippen molar-refractivity contribution >= 4 is 5.84 Å². The van der Waals surface area contributed by atoms with E-state index >= 15 is 0 Å². The minimum atomic E-state index is -0.201. The van der Waals surface area contributed by atoms with Crippen LogP contribution in [0.25, 0.3) is 0 Å². The lowest BCUT2D eigenvalue weighted by Gasteiger charge is -2.10. The molecule has 0 spiro atoms. The molecule has 0 saturated heterocycles. The molecule has 5 heteroatoms. The number of para-hydroxylation sites is 1. The number of hydrogen-bond donors (Lipinski definition) is 0. The number of aromatic nitrogens is 1. The number of ether oxygens (including phenoxy) is 1. The maximum Gasteiger partial charge on any atom is 0.256 e. The average Bonchev–Trinajstić information content (AvgIpc) is 3.13. The van der Waals surface area contributed by atoms with Gasteiger partial charge in [-0.1, -0.05) is 41.6 Å². The molecule has 3 aromatic rings. The summed E-state index contributed by atoms with van der Waals surface area (Å²) in [6.07, 6.45) is 2.04. The molecular weight excluding hydrogens is 316 g/mol. The number of hydrogen-bond acceptors (Lipinski definition) is 4. The minimum absolute atomic E-state index is 0.114. The zero-order valence-electron chi connectivity index (χ0n) is 13.4. The van der Waals surface area contributed by atoms with Crippen LogP contribution in [0.5, 0.6) is 11.5 Å². The van der Waals surface area contributed by atoms with Gasteiger partial charge < -0.3 is 9.57 Å². The van der Waals surface area contributed by atoms with E-state index in [-0.39, 0.29) is 11.7 Å². The number of pyridine rings is 1. The Hall–Kier alpha value is -3.34. The van der Waals surface area contributed by atoms with Gasteiger partial charge in [-0.05, 0) is 35.9 Å². The van der Waals surface area contributed by atoms with E-state index in [1.807, 2.05) is 54.6 Å². The van der Waals surface area contributed by atoms with Crippen LogP contribution in [0, 0.1) is 0 Å². The lowest BCUT2D eigenvalue weighted by molar-refractivity contribution is 0.0856. The highest BCUT2D eigenvalue weighted by molar-refractivity contribution is 5.85. The van der Waals surface area contributed by atoms with E-state index in [1.54, 1.807) is 18.3 Å². The Balaban J connectivity index is 1.45. The summed E-state index contributed by atoms with van der Waals surface area (Å²) < 4.78 is 7.29. The maximum absolute atomic E-state index is 11.9. The molecule has 1 atom stereocenters. The van der Waals surface area contributed by atoms with Crippen molar-refractivity contribution in [3.63, 3.8) is 0 Å². The van der Waals surface area contributed by atoms with Crippen molar-refractivity contribution < 1.29 is 9.57 Å². The van der Waals surface area contributed by atoms with Gasteiger partial charge in [-0.25, -0.2) is 0 Å². The van der Waals surface area contributed by atoms with Crippen molar-refractivity contribution in [2.45, 2.75) is 12.5 Å². The van der Waals surface area contributed by atoms with Gasteiger partial charge in [-0.3, -0.25) is 9.36 Å². The highest BCUT2D eigenvalue weighted by atomic mass is 16.6. The third-order valence-electron chi connectivity index (χ3n) is 3.98. The molecule has 2 heterocycles. The smallest absolute Gasteiger partial charge is 0.256 e. The lowest BCUT2D eigenvalue weighted by Crippen LogP contribution is -2.24. The quantitative estimate of drug-likeness (QED) is 0.729. The predicted octanol–water partition coefficient (Wildman–Crippen LogP) is 3.96. The summed E-state index contributed by atoms with van der Waals surface area (Å²) in [5.74, 6) is 2.16. The highest BCUT2D eigenvalue weighted by Gasteiger charge is 2.24. The molecule has 25 heavy (non-hydrogen) atoms. The number of rotatable bonds is 3. The Morgan fingerprint density at radius 2 is 1.64 bits per heavy atom. The van der Waals surface area contributed by atoms with Crippen LogP contribution in [0.15, 0.2) is 88.9 Å². The normalized spacial score (nSPS) is 16.2. The molecule has 2 aromatic carbocycles. The summed E-state index contributed by atoms with van der Waals surface area (Å²) in [4.78, 5) is 17.4. The van der Waals surface area contributed by atoms with E-state index in [0.717, 1.165) is 17.1 Å². The van der Waals surface area contributed by atoms with Gasteiger partial charge in [-0.2, -0.15) is 0 Å². The van der Waals surface area contributed by atoms with Gasteiger partial charge in [0.05, 0.1) is 6.42 Å². The van der Waals surface area contributed by atoms with E-state index < -0.39 is 0 Å². The standard InChI is InChI=1S/C20H16N2O3/c23-20-8-4-5-13-22(20)19-14-18(25-21-19)15-9-11-17(12-10-15)24-16-6-2-1-3-7-16/h1-13,18H,14H2/t18-/m1/s1. The van der Waals surface area contributed by atoms with Gasteiger partial charge in [0, 0.05) is 12.3 Å². The van der Waals surface area contributed by atoms with Crippen LogP contribution in [-0.4, -0.2) is 10.4 Å². The fourth-order valence-electron chi connectivity index (χ4n) is 2.70. The van der Waals surface area contributed by atoms with Gasteiger partial charge in [0.25, 0.3) is 5.56 Å². The molecule has 0 fully saturated rings.